The normalized spacial score (nSPS) is 19.3. The zero-order valence-corrected chi connectivity index (χ0v) is 15.5. The van der Waals surface area contributed by atoms with Crippen LogP contribution in [-0.2, 0) is 11.3 Å². The van der Waals surface area contributed by atoms with Gasteiger partial charge in [0.05, 0.1) is 0 Å². The molecule has 1 heterocycles. The number of nitrogens with one attached hydrogen (secondary N) is 2. The van der Waals surface area contributed by atoms with Gasteiger partial charge in [0.15, 0.2) is 0 Å². The maximum absolute atomic E-state index is 12.4. The van der Waals surface area contributed by atoms with Gasteiger partial charge in [-0.2, -0.15) is 0 Å². The molecule has 0 aliphatic carbocycles. The molecule has 2 rings (SSSR count). The highest BCUT2D eigenvalue weighted by Gasteiger charge is 2.27. The van der Waals surface area contributed by atoms with E-state index in [-0.39, 0.29) is 11.9 Å². The van der Waals surface area contributed by atoms with Crippen LogP contribution in [0.4, 0.5) is 4.79 Å². The van der Waals surface area contributed by atoms with Crippen molar-refractivity contribution in [2.45, 2.75) is 45.3 Å². The molecule has 6 nitrogen and oxygen atoms in total. The van der Waals surface area contributed by atoms with Crippen molar-refractivity contribution in [3.63, 3.8) is 0 Å². The molecule has 1 aromatic carbocycles. The van der Waals surface area contributed by atoms with Gasteiger partial charge in [-0.15, -0.1) is 0 Å². The lowest BCUT2D eigenvalue weighted by molar-refractivity contribution is -0.124. The number of amides is 3. The first-order valence-corrected chi connectivity index (χ1v) is 9.05. The lowest BCUT2D eigenvalue weighted by atomic mass is 10.1. The highest BCUT2D eigenvalue weighted by molar-refractivity contribution is 5.87. The fraction of sp³-hybridized carbons (Fsp3) is 0.579. The van der Waals surface area contributed by atoms with Gasteiger partial charge in [0.25, 0.3) is 0 Å². The largest absolute Gasteiger partial charge is 0.354 e. The van der Waals surface area contributed by atoms with E-state index >= 15 is 0 Å². The number of nitrogens with zero attached hydrogens (tertiary/aromatic N) is 2. The van der Waals surface area contributed by atoms with Gasteiger partial charge in [0.1, 0.15) is 6.04 Å². The topological polar surface area (TPSA) is 64.7 Å². The van der Waals surface area contributed by atoms with Crippen molar-refractivity contribution in [2.75, 3.05) is 26.7 Å². The Labute approximate surface area is 150 Å². The Hall–Kier alpha value is -2.08. The summed E-state index contributed by atoms with van der Waals surface area (Å²) in [6.45, 7) is 6.67. The van der Waals surface area contributed by atoms with Gasteiger partial charge in [-0.05, 0) is 39.3 Å². The molecular formula is C19H30N4O2. The van der Waals surface area contributed by atoms with E-state index in [4.69, 9.17) is 0 Å². The van der Waals surface area contributed by atoms with E-state index in [1.807, 2.05) is 18.2 Å². The van der Waals surface area contributed by atoms with E-state index in [0.29, 0.717) is 25.7 Å². The summed E-state index contributed by atoms with van der Waals surface area (Å²) >= 11 is 0. The van der Waals surface area contributed by atoms with E-state index in [1.54, 1.807) is 11.8 Å². The quantitative estimate of drug-likeness (QED) is 0.826. The molecule has 0 bridgehead atoms. The summed E-state index contributed by atoms with van der Waals surface area (Å²) in [5.74, 6) is -0.0800. The number of carbonyl (C=O) groups excluding carboxylic acids is 2. The Morgan fingerprint density at radius 2 is 2.12 bits per heavy atom. The Morgan fingerprint density at radius 3 is 2.84 bits per heavy atom. The fourth-order valence-corrected chi connectivity index (χ4v) is 2.96. The summed E-state index contributed by atoms with van der Waals surface area (Å²) in [6.07, 6.45) is 1.66. The van der Waals surface area contributed by atoms with Crippen LogP contribution in [0, 0.1) is 0 Å². The zero-order chi connectivity index (χ0) is 18.2. The van der Waals surface area contributed by atoms with E-state index in [2.05, 4.69) is 41.6 Å². The molecule has 1 fully saturated rings. The van der Waals surface area contributed by atoms with Crippen LogP contribution in [0.25, 0.3) is 0 Å². The van der Waals surface area contributed by atoms with Crippen molar-refractivity contribution in [3.8, 4) is 0 Å². The SMILES string of the molecule is C[C@@H]1C(=O)NCCCN1C(=O)NCC[C@H](C)N(C)Cc1ccccc1. The van der Waals surface area contributed by atoms with Gasteiger partial charge < -0.3 is 15.5 Å². The van der Waals surface area contributed by atoms with Crippen LogP contribution in [0.5, 0.6) is 0 Å². The molecule has 1 aliphatic rings. The summed E-state index contributed by atoms with van der Waals surface area (Å²) in [4.78, 5) is 28.1. The van der Waals surface area contributed by atoms with Gasteiger partial charge in [0, 0.05) is 32.2 Å². The molecule has 0 aromatic heterocycles. The molecule has 1 saturated heterocycles. The van der Waals surface area contributed by atoms with Crippen LogP contribution < -0.4 is 10.6 Å². The van der Waals surface area contributed by atoms with E-state index < -0.39 is 6.04 Å². The van der Waals surface area contributed by atoms with Crippen LogP contribution in [0.15, 0.2) is 30.3 Å². The summed E-state index contributed by atoms with van der Waals surface area (Å²) in [6, 6.07) is 10.1. The maximum atomic E-state index is 12.4. The Balaban J connectivity index is 1.75. The molecule has 1 aliphatic heterocycles. The fourth-order valence-electron chi connectivity index (χ4n) is 2.96. The van der Waals surface area contributed by atoms with Crippen molar-refractivity contribution < 1.29 is 9.59 Å². The summed E-state index contributed by atoms with van der Waals surface area (Å²) in [5.41, 5.74) is 1.28. The van der Waals surface area contributed by atoms with Crippen molar-refractivity contribution >= 4 is 11.9 Å². The third-order valence-corrected chi connectivity index (χ3v) is 4.85. The molecule has 25 heavy (non-hydrogen) atoms. The minimum Gasteiger partial charge on any atom is -0.354 e. The Morgan fingerprint density at radius 1 is 1.40 bits per heavy atom. The van der Waals surface area contributed by atoms with Gasteiger partial charge in [-0.3, -0.25) is 9.69 Å². The van der Waals surface area contributed by atoms with Crippen LogP contribution >= 0.6 is 0 Å². The van der Waals surface area contributed by atoms with Crippen LogP contribution in [0.1, 0.15) is 32.3 Å². The number of carbonyl (C=O) groups is 2. The number of rotatable bonds is 6. The summed E-state index contributed by atoms with van der Waals surface area (Å²) in [5, 5.41) is 5.79. The molecule has 0 unspecified atom stereocenters. The molecule has 0 saturated carbocycles. The van der Waals surface area contributed by atoms with Gasteiger partial charge in [0.2, 0.25) is 5.91 Å². The van der Waals surface area contributed by atoms with Crippen molar-refractivity contribution in [3.05, 3.63) is 35.9 Å². The first-order chi connectivity index (χ1) is 12.0. The second-order valence-electron chi connectivity index (χ2n) is 6.78. The predicted octanol–water partition coefficient (Wildman–Crippen LogP) is 1.82. The van der Waals surface area contributed by atoms with Crippen LogP contribution in [0.2, 0.25) is 0 Å². The minimum absolute atomic E-state index is 0.0800. The third-order valence-electron chi connectivity index (χ3n) is 4.85. The van der Waals surface area contributed by atoms with E-state index in [1.165, 1.54) is 5.56 Å². The first kappa shape index (κ1) is 19.2. The van der Waals surface area contributed by atoms with Crippen molar-refractivity contribution in [2.24, 2.45) is 0 Å². The number of hydrogen-bond donors (Lipinski definition) is 2. The highest BCUT2D eigenvalue weighted by Crippen LogP contribution is 2.09. The van der Waals surface area contributed by atoms with Crippen molar-refractivity contribution in [1.82, 2.24) is 20.4 Å². The Kier molecular flexibility index (Phi) is 7.25. The van der Waals surface area contributed by atoms with Crippen LogP contribution in [-0.4, -0.2) is 60.5 Å². The van der Waals surface area contributed by atoms with Crippen molar-refractivity contribution in [1.29, 1.82) is 0 Å². The number of hydrogen-bond acceptors (Lipinski definition) is 3. The monoisotopic (exact) mass is 346 g/mol. The Bertz CT molecular complexity index is 564. The second kappa shape index (κ2) is 9.42. The van der Waals surface area contributed by atoms with Crippen LogP contribution in [0.3, 0.4) is 0 Å². The smallest absolute Gasteiger partial charge is 0.318 e. The predicted molar refractivity (Wildman–Crippen MR) is 99.2 cm³/mol. The summed E-state index contributed by atoms with van der Waals surface area (Å²) in [7, 11) is 2.10. The average Bonchev–Trinajstić information content (AvgIpc) is 2.77. The molecule has 2 N–H and O–H groups in total. The van der Waals surface area contributed by atoms with E-state index in [0.717, 1.165) is 19.4 Å². The molecule has 2 atom stereocenters. The maximum Gasteiger partial charge on any atom is 0.318 e. The lowest BCUT2D eigenvalue weighted by Gasteiger charge is -2.27. The minimum atomic E-state index is -0.416. The number of urea groups is 1. The molecule has 6 heteroatoms. The molecule has 3 amide bonds. The van der Waals surface area contributed by atoms with Gasteiger partial charge >= 0.3 is 6.03 Å². The standard InChI is InChI=1S/C19H30N4O2/c1-15(22(3)14-17-8-5-4-6-9-17)10-12-21-19(25)23-13-7-11-20-18(24)16(23)2/h4-6,8-9,15-16H,7,10-14H2,1-3H3,(H,20,24)(H,21,25)/t15-,16+/m0/s1. The van der Waals surface area contributed by atoms with Gasteiger partial charge in [-0.25, -0.2) is 4.79 Å². The summed E-state index contributed by atoms with van der Waals surface area (Å²) < 4.78 is 0. The van der Waals surface area contributed by atoms with Gasteiger partial charge in [-0.1, -0.05) is 30.3 Å². The molecule has 1 aromatic rings. The average molecular weight is 346 g/mol. The molecular weight excluding hydrogens is 316 g/mol. The number of benzene rings is 1. The zero-order valence-electron chi connectivity index (χ0n) is 15.5. The molecule has 138 valence electrons. The molecule has 0 radical (unpaired) electrons. The highest BCUT2D eigenvalue weighted by atomic mass is 16.2. The second-order valence-corrected chi connectivity index (χ2v) is 6.78. The lowest BCUT2D eigenvalue weighted by Crippen LogP contribution is -2.49. The third kappa shape index (κ3) is 5.74. The first-order valence-electron chi connectivity index (χ1n) is 9.05. The molecule has 0 spiro atoms. The van der Waals surface area contributed by atoms with E-state index in [9.17, 15) is 9.59 Å².